The van der Waals surface area contributed by atoms with Gasteiger partial charge in [-0.3, -0.25) is 9.59 Å². The third-order valence-corrected chi connectivity index (χ3v) is 5.84. The number of aryl methyl sites for hydroxylation is 1. The molecule has 1 saturated carbocycles. The van der Waals surface area contributed by atoms with Gasteiger partial charge in [0, 0.05) is 37.3 Å². The SMILES string of the molecule is CCN1CCN(C(=O)C2(C(=O)Nc3cc(C)c(Cl)cc3OC)CC2)CC1. The van der Waals surface area contributed by atoms with Gasteiger partial charge in [-0.05, 0) is 37.9 Å². The summed E-state index contributed by atoms with van der Waals surface area (Å²) >= 11 is 6.12. The maximum absolute atomic E-state index is 13.0. The lowest BCUT2D eigenvalue weighted by molar-refractivity contribution is -0.143. The Hall–Kier alpha value is -1.79. The highest BCUT2D eigenvalue weighted by Gasteiger charge is 2.58. The smallest absolute Gasteiger partial charge is 0.240 e. The molecule has 0 aromatic heterocycles. The first-order valence-corrected chi connectivity index (χ1v) is 9.46. The molecule has 7 heteroatoms. The molecule has 142 valence electrons. The maximum Gasteiger partial charge on any atom is 0.240 e. The molecule has 2 aliphatic rings. The van der Waals surface area contributed by atoms with Gasteiger partial charge in [-0.15, -0.1) is 0 Å². The van der Waals surface area contributed by atoms with Gasteiger partial charge >= 0.3 is 0 Å². The van der Waals surface area contributed by atoms with E-state index in [-0.39, 0.29) is 11.8 Å². The van der Waals surface area contributed by atoms with Crippen LogP contribution in [-0.2, 0) is 9.59 Å². The zero-order chi connectivity index (χ0) is 18.9. The van der Waals surface area contributed by atoms with Crippen molar-refractivity contribution in [2.75, 3.05) is 45.2 Å². The van der Waals surface area contributed by atoms with Gasteiger partial charge in [0.05, 0.1) is 12.8 Å². The number of ether oxygens (including phenoxy) is 1. The summed E-state index contributed by atoms with van der Waals surface area (Å²) in [5.41, 5.74) is 0.469. The number of rotatable bonds is 5. The molecule has 0 unspecified atom stereocenters. The minimum atomic E-state index is -0.924. The monoisotopic (exact) mass is 379 g/mol. The van der Waals surface area contributed by atoms with Gasteiger partial charge < -0.3 is 19.9 Å². The van der Waals surface area contributed by atoms with E-state index < -0.39 is 5.41 Å². The van der Waals surface area contributed by atoms with Crippen LogP contribution in [0.2, 0.25) is 5.02 Å². The topological polar surface area (TPSA) is 61.9 Å². The molecule has 2 amide bonds. The predicted octanol–water partition coefficient (Wildman–Crippen LogP) is 2.54. The number of carbonyl (C=O) groups excluding carboxylic acids is 2. The number of amides is 2. The average Bonchev–Trinajstić information content (AvgIpc) is 3.46. The third-order valence-electron chi connectivity index (χ3n) is 5.43. The lowest BCUT2D eigenvalue weighted by Crippen LogP contribution is -2.52. The largest absolute Gasteiger partial charge is 0.495 e. The van der Waals surface area contributed by atoms with Crippen LogP contribution in [0.15, 0.2) is 12.1 Å². The van der Waals surface area contributed by atoms with Gasteiger partial charge in [0.2, 0.25) is 11.8 Å². The van der Waals surface area contributed by atoms with Crippen molar-refractivity contribution in [3.8, 4) is 5.75 Å². The molecule has 1 aliphatic carbocycles. The van der Waals surface area contributed by atoms with Gasteiger partial charge in [0.15, 0.2) is 0 Å². The van der Waals surface area contributed by atoms with E-state index in [2.05, 4.69) is 17.1 Å². The molecule has 1 heterocycles. The Kier molecular flexibility index (Phi) is 5.44. The Morgan fingerprint density at radius 1 is 1.23 bits per heavy atom. The molecule has 1 aromatic rings. The number of anilines is 1. The van der Waals surface area contributed by atoms with E-state index >= 15 is 0 Å². The molecule has 2 fully saturated rings. The van der Waals surface area contributed by atoms with Gasteiger partial charge in [-0.1, -0.05) is 18.5 Å². The molecule has 1 aliphatic heterocycles. The predicted molar refractivity (Wildman–Crippen MR) is 102 cm³/mol. The summed E-state index contributed by atoms with van der Waals surface area (Å²) < 4.78 is 5.32. The van der Waals surface area contributed by atoms with Crippen molar-refractivity contribution in [2.45, 2.75) is 26.7 Å². The maximum atomic E-state index is 13.0. The van der Waals surface area contributed by atoms with Gasteiger partial charge in [-0.2, -0.15) is 0 Å². The molecule has 1 aromatic carbocycles. The molecule has 1 N–H and O–H groups in total. The Morgan fingerprint density at radius 3 is 2.42 bits per heavy atom. The van der Waals surface area contributed by atoms with Crippen molar-refractivity contribution < 1.29 is 14.3 Å². The van der Waals surface area contributed by atoms with Crippen LogP contribution in [0.25, 0.3) is 0 Å². The van der Waals surface area contributed by atoms with Gasteiger partial charge in [0.1, 0.15) is 11.2 Å². The molecule has 26 heavy (non-hydrogen) atoms. The van der Waals surface area contributed by atoms with Crippen molar-refractivity contribution >= 4 is 29.1 Å². The lowest BCUT2D eigenvalue weighted by atomic mass is 10.0. The number of carbonyl (C=O) groups is 2. The van der Waals surface area contributed by atoms with E-state index in [4.69, 9.17) is 16.3 Å². The summed E-state index contributed by atoms with van der Waals surface area (Å²) in [7, 11) is 1.53. The fraction of sp³-hybridized carbons (Fsp3) is 0.579. The van der Waals surface area contributed by atoms with Crippen LogP contribution in [0, 0.1) is 12.3 Å². The van der Waals surface area contributed by atoms with E-state index in [9.17, 15) is 9.59 Å². The second-order valence-corrected chi connectivity index (χ2v) is 7.47. The van der Waals surface area contributed by atoms with E-state index in [1.54, 1.807) is 12.1 Å². The molecular formula is C19H26ClN3O3. The van der Waals surface area contributed by atoms with Crippen LogP contribution in [0.3, 0.4) is 0 Å². The number of hydrogen-bond acceptors (Lipinski definition) is 4. The van der Waals surface area contributed by atoms with Crippen LogP contribution in [0.5, 0.6) is 5.75 Å². The average molecular weight is 380 g/mol. The number of benzene rings is 1. The highest BCUT2D eigenvalue weighted by atomic mass is 35.5. The fourth-order valence-corrected chi connectivity index (χ4v) is 3.56. The minimum Gasteiger partial charge on any atom is -0.495 e. The first-order valence-electron chi connectivity index (χ1n) is 9.08. The number of methoxy groups -OCH3 is 1. The van der Waals surface area contributed by atoms with Crippen molar-refractivity contribution in [3.05, 3.63) is 22.7 Å². The first-order chi connectivity index (χ1) is 12.4. The highest BCUT2D eigenvalue weighted by molar-refractivity contribution is 6.31. The number of likely N-dealkylation sites (N-methyl/N-ethyl adjacent to an activating group) is 1. The molecule has 0 radical (unpaired) electrons. The number of piperazine rings is 1. The van der Waals surface area contributed by atoms with E-state index in [1.165, 1.54) is 7.11 Å². The highest BCUT2D eigenvalue weighted by Crippen LogP contribution is 2.48. The van der Waals surface area contributed by atoms with Crippen LogP contribution >= 0.6 is 11.6 Å². The number of nitrogens with one attached hydrogen (secondary N) is 1. The Labute approximate surface area is 159 Å². The summed E-state index contributed by atoms with van der Waals surface area (Å²) in [6.07, 6.45) is 1.20. The second kappa shape index (κ2) is 7.45. The molecule has 0 atom stereocenters. The standard InChI is InChI=1S/C19H26ClN3O3/c1-4-22-7-9-23(10-8-22)18(25)19(5-6-19)17(24)21-15-11-13(2)14(20)12-16(15)26-3/h11-12H,4-10H2,1-3H3,(H,21,24). The zero-order valence-electron chi connectivity index (χ0n) is 15.6. The Bertz CT molecular complexity index is 710. The van der Waals surface area contributed by atoms with Crippen molar-refractivity contribution in [2.24, 2.45) is 5.41 Å². The quantitative estimate of drug-likeness (QED) is 0.798. The zero-order valence-corrected chi connectivity index (χ0v) is 16.4. The van der Waals surface area contributed by atoms with E-state index in [0.717, 1.165) is 25.2 Å². The summed E-state index contributed by atoms with van der Waals surface area (Å²) in [5.74, 6) is 0.199. The molecule has 3 rings (SSSR count). The molecule has 6 nitrogen and oxygen atoms in total. The van der Waals surface area contributed by atoms with Crippen molar-refractivity contribution in [1.29, 1.82) is 0 Å². The fourth-order valence-electron chi connectivity index (χ4n) is 3.40. The van der Waals surface area contributed by atoms with E-state index in [0.29, 0.717) is 42.4 Å². The van der Waals surface area contributed by atoms with E-state index in [1.807, 2.05) is 11.8 Å². The number of halogens is 1. The normalized spacial score (nSPS) is 19.2. The summed E-state index contributed by atoms with van der Waals surface area (Å²) in [6.45, 7) is 8.07. The first kappa shape index (κ1) is 19.0. The van der Waals surface area contributed by atoms with Crippen LogP contribution in [0.1, 0.15) is 25.3 Å². The summed E-state index contributed by atoms with van der Waals surface area (Å²) in [5, 5.41) is 3.47. The van der Waals surface area contributed by atoms with Gasteiger partial charge in [-0.25, -0.2) is 0 Å². The molecular weight excluding hydrogens is 354 g/mol. The van der Waals surface area contributed by atoms with Crippen LogP contribution in [-0.4, -0.2) is 61.4 Å². The number of nitrogens with zero attached hydrogens (tertiary/aromatic N) is 2. The Balaban J connectivity index is 1.72. The van der Waals surface area contributed by atoms with Crippen LogP contribution < -0.4 is 10.1 Å². The second-order valence-electron chi connectivity index (χ2n) is 7.06. The molecule has 0 spiro atoms. The molecule has 0 bridgehead atoms. The lowest BCUT2D eigenvalue weighted by Gasteiger charge is -2.35. The van der Waals surface area contributed by atoms with Crippen molar-refractivity contribution in [1.82, 2.24) is 9.80 Å². The Morgan fingerprint density at radius 2 is 1.88 bits per heavy atom. The molecule has 1 saturated heterocycles. The minimum absolute atomic E-state index is 0.0459. The third kappa shape index (κ3) is 3.53. The summed E-state index contributed by atoms with van der Waals surface area (Å²) in [4.78, 5) is 30.0. The van der Waals surface area contributed by atoms with Gasteiger partial charge in [0.25, 0.3) is 0 Å². The number of hydrogen-bond donors (Lipinski definition) is 1. The van der Waals surface area contributed by atoms with Crippen molar-refractivity contribution in [3.63, 3.8) is 0 Å². The van der Waals surface area contributed by atoms with Crippen LogP contribution in [0.4, 0.5) is 5.69 Å². The summed E-state index contributed by atoms with van der Waals surface area (Å²) in [6, 6.07) is 3.46.